The first-order chi connectivity index (χ1) is 10.6. The molecule has 0 aliphatic heterocycles. The van der Waals surface area contributed by atoms with Crippen molar-refractivity contribution in [2.45, 2.75) is 0 Å². The van der Waals surface area contributed by atoms with Crippen LogP contribution in [0.2, 0.25) is 0 Å². The number of thiazole rings is 1. The molecule has 110 valence electrons. The largest absolute Gasteiger partial charge is 0.328 e. The highest BCUT2D eigenvalue weighted by atomic mass is 32.1. The van der Waals surface area contributed by atoms with Gasteiger partial charge in [0.2, 0.25) is 5.56 Å². The van der Waals surface area contributed by atoms with Crippen molar-refractivity contribution in [2.75, 3.05) is 5.32 Å². The second-order valence-corrected chi connectivity index (χ2v) is 5.30. The number of hydrogen-bond acceptors (Lipinski definition) is 4. The van der Waals surface area contributed by atoms with Crippen LogP contribution in [0.3, 0.4) is 0 Å². The Morgan fingerprint density at radius 2 is 1.95 bits per heavy atom. The molecule has 7 heteroatoms. The van der Waals surface area contributed by atoms with Crippen LogP contribution in [0.1, 0.15) is 10.4 Å². The van der Waals surface area contributed by atoms with Crippen molar-refractivity contribution in [1.82, 2.24) is 9.97 Å². The lowest BCUT2D eigenvalue weighted by Gasteiger charge is -2.00. The number of pyridine rings is 1. The van der Waals surface area contributed by atoms with Crippen molar-refractivity contribution in [2.24, 2.45) is 0 Å². The number of halogens is 1. The second-order valence-electron chi connectivity index (χ2n) is 4.44. The Balaban J connectivity index is 1.76. The molecule has 2 aromatic heterocycles. The highest BCUT2D eigenvalue weighted by Gasteiger charge is 2.10. The van der Waals surface area contributed by atoms with Crippen LogP contribution >= 0.6 is 11.3 Å². The van der Waals surface area contributed by atoms with Crippen molar-refractivity contribution in [3.8, 4) is 11.3 Å². The molecule has 0 aliphatic carbocycles. The molecule has 1 amide bonds. The summed E-state index contributed by atoms with van der Waals surface area (Å²) in [6, 6.07) is 8.67. The van der Waals surface area contributed by atoms with Gasteiger partial charge >= 0.3 is 0 Å². The molecular formula is C15H10FN3O2S. The quantitative estimate of drug-likeness (QED) is 0.780. The van der Waals surface area contributed by atoms with Gasteiger partial charge in [-0.15, -0.1) is 11.3 Å². The van der Waals surface area contributed by atoms with E-state index in [1.807, 2.05) is 0 Å². The lowest BCUT2D eigenvalue weighted by molar-refractivity contribution is 0.102. The number of benzene rings is 1. The third-order valence-electron chi connectivity index (χ3n) is 2.91. The van der Waals surface area contributed by atoms with Crippen molar-refractivity contribution in [1.29, 1.82) is 0 Å². The maximum absolute atomic E-state index is 12.9. The summed E-state index contributed by atoms with van der Waals surface area (Å²) in [6.45, 7) is 0. The highest BCUT2D eigenvalue weighted by Crippen LogP contribution is 2.25. The van der Waals surface area contributed by atoms with E-state index < -0.39 is 0 Å². The molecule has 0 radical (unpaired) electrons. The van der Waals surface area contributed by atoms with Gasteiger partial charge in [0.1, 0.15) is 5.82 Å². The number of nitrogens with zero attached hydrogens (tertiary/aromatic N) is 1. The predicted octanol–water partition coefficient (Wildman–Crippen LogP) is 2.89. The van der Waals surface area contributed by atoms with Crippen LogP contribution in [0.25, 0.3) is 11.3 Å². The number of hydrogen-bond donors (Lipinski definition) is 2. The number of carbonyl (C=O) groups excluding carboxylic acids is 1. The fraction of sp³-hybridized carbons (Fsp3) is 0. The van der Waals surface area contributed by atoms with E-state index in [9.17, 15) is 14.0 Å². The number of amides is 1. The standard InChI is InChI=1S/C15H10FN3O2S/c16-11-4-1-9(2-5-11)12-8-22-15(18-12)19-14(21)10-3-6-13(20)17-7-10/h1-8H,(H,17,20)(H,18,19,21). The summed E-state index contributed by atoms with van der Waals surface area (Å²) in [4.78, 5) is 29.7. The van der Waals surface area contributed by atoms with Gasteiger partial charge in [0.25, 0.3) is 5.91 Å². The predicted molar refractivity (Wildman–Crippen MR) is 82.5 cm³/mol. The third kappa shape index (κ3) is 3.09. The minimum Gasteiger partial charge on any atom is -0.328 e. The Morgan fingerprint density at radius 3 is 2.64 bits per heavy atom. The molecule has 22 heavy (non-hydrogen) atoms. The molecular weight excluding hydrogens is 305 g/mol. The van der Waals surface area contributed by atoms with Crippen molar-refractivity contribution in [3.63, 3.8) is 0 Å². The Labute approximate surface area is 128 Å². The first kappa shape index (κ1) is 14.2. The van der Waals surface area contributed by atoms with Crippen LogP contribution in [-0.4, -0.2) is 15.9 Å². The summed E-state index contributed by atoms with van der Waals surface area (Å²) in [5.41, 5.74) is 1.48. The lowest BCUT2D eigenvalue weighted by atomic mass is 10.2. The molecule has 0 spiro atoms. The summed E-state index contributed by atoms with van der Waals surface area (Å²) in [6.07, 6.45) is 1.34. The number of H-pyrrole nitrogens is 1. The van der Waals surface area contributed by atoms with E-state index in [-0.39, 0.29) is 17.3 Å². The van der Waals surface area contributed by atoms with Gasteiger partial charge in [-0.2, -0.15) is 0 Å². The first-order valence-corrected chi connectivity index (χ1v) is 7.21. The Kier molecular flexibility index (Phi) is 3.80. The molecule has 2 heterocycles. The molecule has 1 aromatic carbocycles. The number of anilines is 1. The number of aromatic nitrogens is 2. The summed E-state index contributed by atoms with van der Waals surface area (Å²) in [7, 11) is 0. The molecule has 0 fully saturated rings. The zero-order valence-corrected chi connectivity index (χ0v) is 12.0. The smallest absolute Gasteiger partial charge is 0.258 e. The van der Waals surface area contributed by atoms with E-state index >= 15 is 0 Å². The number of rotatable bonds is 3. The van der Waals surface area contributed by atoms with Gasteiger partial charge in [-0.3, -0.25) is 14.9 Å². The maximum atomic E-state index is 12.9. The minimum atomic E-state index is -0.365. The SMILES string of the molecule is O=C(Nc1nc(-c2ccc(F)cc2)cs1)c1ccc(=O)[nH]c1. The zero-order chi connectivity index (χ0) is 15.5. The van der Waals surface area contributed by atoms with Crippen LogP contribution in [0.5, 0.6) is 0 Å². The Morgan fingerprint density at radius 1 is 1.18 bits per heavy atom. The Bertz CT molecular complexity index is 850. The Hall–Kier alpha value is -2.80. The minimum absolute atomic E-state index is 0.274. The molecule has 0 atom stereocenters. The second kappa shape index (κ2) is 5.90. The normalized spacial score (nSPS) is 10.4. The summed E-state index contributed by atoms with van der Waals surface area (Å²) in [5.74, 6) is -0.679. The van der Waals surface area contributed by atoms with Gasteiger partial charge < -0.3 is 4.98 Å². The zero-order valence-electron chi connectivity index (χ0n) is 11.2. The average Bonchev–Trinajstić information content (AvgIpc) is 2.97. The van der Waals surface area contributed by atoms with Crippen LogP contribution in [0.4, 0.5) is 9.52 Å². The van der Waals surface area contributed by atoms with E-state index in [1.54, 1.807) is 17.5 Å². The molecule has 0 bridgehead atoms. The van der Waals surface area contributed by atoms with Gasteiger partial charge in [0.05, 0.1) is 11.3 Å². The number of nitrogens with one attached hydrogen (secondary N) is 2. The topological polar surface area (TPSA) is 74.8 Å². The molecule has 0 saturated heterocycles. The van der Waals surface area contributed by atoms with Gasteiger partial charge in [0, 0.05) is 23.2 Å². The molecule has 0 aliphatic rings. The molecule has 0 unspecified atom stereocenters. The summed E-state index contributed by atoms with van der Waals surface area (Å²) < 4.78 is 12.9. The fourth-order valence-electron chi connectivity index (χ4n) is 1.81. The average molecular weight is 315 g/mol. The van der Waals surface area contributed by atoms with Crippen LogP contribution in [0.15, 0.2) is 52.8 Å². The van der Waals surface area contributed by atoms with Crippen LogP contribution < -0.4 is 10.9 Å². The van der Waals surface area contributed by atoms with Gasteiger partial charge in [-0.05, 0) is 30.3 Å². The van der Waals surface area contributed by atoms with E-state index in [4.69, 9.17) is 0 Å². The van der Waals surface area contributed by atoms with E-state index in [0.29, 0.717) is 16.4 Å². The molecule has 3 aromatic rings. The molecule has 0 saturated carbocycles. The van der Waals surface area contributed by atoms with E-state index in [2.05, 4.69) is 15.3 Å². The number of carbonyl (C=O) groups is 1. The maximum Gasteiger partial charge on any atom is 0.258 e. The van der Waals surface area contributed by atoms with E-state index in [1.165, 1.54) is 41.8 Å². The van der Waals surface area contributed by atoms with E-state index in [0.717, 1.165) is 5.56 Å². The monoisotopic (exact) mass is 315 g/mol. The molecule has 2 N–H and O–H groups in total. The van der Waals surface area contributed by atoms with Crippen molar-refractivity contribution < 1.29 is 9.18 Å². The van der Waals surface area contributed by atoms with Gasteiger partial charge in [-0.1, -0.05) is 0 Å². The highest BCUT2D eigenvalue weighted by molar-refractivity contribution is 7.14. The van der Waals surface area contributed by atoms with Crippen molar-refractivity contribution in [3.05, 3.63) is 69.7 Å². The lowest BCUT2D eigenvalue weighted by Crippen LogP contribution is -2.14. The molecule has 3 rings (SSSR count). The van der Waals surface area contributed by atoms with Crippen LogP contribution in [0, 0.1) is 5.82 Å². The summed E-state index contributed by atoms with van der Waals surface area (Å²) in [5, 5.41) is 4.85. The number of aromatic amines is 1. The van der Waals surface area contributed by atoms with Crippen molar-refractivity contribution >= 4 is 22.4 Å². The first-order valence-electron chi connectivity index (χ1n) is 6.33. The summed E-state index contributed by atoms with van der Waals surface area (Å²) >= 11 is 1.27. The van der Waals surface area contributed by atoms with Gasteiger partial charge in [0.15, 0.2) is 5.13 Å². The van der Waals surface area contributed by atoms with Crippen LogP contribution in [-0.2, 0) is 0 Å². The third-order valence-corrected chi connectivity index (χ3v) is 3.67. The molecule has 5 nitrogen and oxygen atoms in total. The fourth-order valence-corrected chi connectivity index (χ4v) is 2.52. The van der Waals surface area contributed by atoms with Gasteiger partial charge in [-0.25, -0.2) is 9.37 Å².